The molecule has 0 fully saturated rings. The Morgan fingerprint density at radius 3 is 0.840 bits per heavy atom. The highest BCUT2D eigenvalue weighted by molar-refractivity contribution is 8.14. The van der Waals surface area contributed by atoms with Gasteiger partial charge in [0.05, 0.1) is 39.3 Å². The van der Waals surface area contributed by atoms with Crippen LogP contribution in [0, 0.1) is 80.8 Å². The third kappa shape index (κ3) is 51.8. The van der Waals surface area contributed by atoms with E-state index in [1.165, 1.54) is 146 Å². The molecule has 0 aliphatic carbocycles. The predicted molar refractivity (Wildman–Crippen MR) is 662 cm³/mol. The quantitative estimate of drug-likeness (QED) is 0.00750. The third-order valence-corrected chi connectivity index (χ3v) is 31.9. The number of aliphatic imine (C=N–C) groups is 6. The fourth-order valence-electron chi connectivity index (χ4n) is 12.0. The molecule has 0 aliphatic heterocycles. The van der Waals surface area contributed by atoms with Gasteiger partial charge in [-0.1, -0.05) is 298 Å². The van der Waals surface area contributed by atoms with E-state index in [1.807, 2.05) is 133 Å². The van der Waals surface area contributed by atoms with Gasteiger partial charge >= 0.3 is 0 Å². The average molecular weight is 2400 g/mol. The van der Waals surface area contributed by atoms with Gasteiger partial charge in [0, 0.05) is 98.3 Å². The highest BCUT2D eigenvalue weighted by Gasteiger charge is 2.20. The summed E-state index contributed by atoms with van der Waals surface area (Å²) in [6.45, 7) is 6.54. The van der Waals surface area contributed by atoms with Crippen LogP contribution in [0.2, 0.25) is 5.02 Å². The fourth-order valence-corrected chi connectivity index (χ4v) is 23.0. The standard InChI is InChI=1S/2C17H20N4S3.C16H17ClN4S3.2C16H16F2N4S3.C16H17FN4S3.CH4N2S/c1-11-5-4-7-13(10-23-16(18)19)15(11)24-14-8-3-2-6-12(14)9-21-17(20)22;1-11-6-7-15(13(8-11)10-23-16(18)19)24-14-5-3-2-4-12(14)9-21-17(20)22;17-12-6-5-11(9-23-15(18)19)14(7-12)24-13-4-2-1-3-10(13)8-21-16(20)22;17-11-3-4-13(10(5-11)7-22-16(21)23)25-14-6-12(18)2-1-9(14)8-24-15(19)20;17-11-5-10(8-24-15(19)20)14(6-12(11)18)25-13-4-2-1-3-9(13)7-22-16(21)23;17-12-6-5-11(9-23-15(18)19)14(7-12)24-13-4-2-1-3-10(13)8-21-16(20)22;2-1(3)4/h2*2-8H,9-10H2,1H3,(H3,18,19)(H3,20,21,22);1-7H,8-9H2,(H3,18,19)(H3,20,21,22);2*1-6H,7-8H2,(H3,19,20)(H3,21,22,23);1-7H,8-9H2,(H3,18,19)(H3,20,21,22);(H4,2,3,4). The first-order chi connectivity index (χ1) is 71.3. The van der Waals surface area contributed by atoms with Crippen LogP contribution in [-0.2, 0) is 73.8 Å². The molecule has 26 nitrogen and oxygen atoms in total. The van der Waals surface area contributed by atoms with E-state index in [0.717, 1.165) is 124 Å². The first kappa shape index (κ1) is 129. The van der Waals surface area contributed by atoms with Gasteiger partial charge in [-0.15, -0.1) is 88.4 Å². The zero-order chi connectivity index (χ0) is 110. The Bertz CT molecular complexity index is 6660. The monoisotopic (exact) mass is 2400 g/mol. The molecule has 0 saturated heterocycles. The van der Waals surface area contributed by atoms with Crippen molar-refractivity contribution in [1.82, 2.24) is 0 Å². The number of benzene rings is 12. The molecule has 0 bridgehead atoms. The molecule has 0 amide bonds. The number of nitrogens with two attached hydrogens (primary N) is 13. The first-order valence-corrected chi connectivity index (χ1v) is 57.6. The van der Waals surface area contributed by atoms with Crippen molar-refractivity contribution < 1.29 is 22.0 Å². The van der Waals surface area contributed by atoms with E-state index in [9.17, 15) is 22.0 Å². The van der Waals surface area contributed by atoms with Crippen LogP contribution in [0.15, 0.2) is 331 Å². The van der Waals surface area contributed by atoms with Crippen LogP contribution in [0.4, 0.5) is 22.0 Å². The summed E-state index contributed by atoms with van der Waals surface area (Å²) in [5.41, 5.74) is 83.9. The molecule has 0 aliphatic rings. The molecule has 33 N–H and O–H groups in total. The van der Waals surface area contributed by atoms with E-state index in [1.54, 1.807) is 53.5 Å². The molecular weight excluding hydrogens is 2290 g/mol. The van der Waals surface area contributed by atoms with Crippen molar-refractivity contribution in [1.29, 1.82) is 37.9 Å². The molecule has 0 aromatic heterocycles. The number of rotatable bonds is 36. The lowest BCUT2D eigenvalue weighted by atomic mass is 10.2. The van der Waals surface area contributed by atoms with Gasteiger partial charge in [-0.3, -0.25) is 67.8 Å². The average Bonchev–Trinajstić information content (AvgIpc) is 0.819. The second-order valence-electron chi connectivity index (χ2n) is 30.1. The molecule has 0 heterocycles. The Morgan fingerprint density at radius 2 is 0.493 bits per heavy atom. The highest BCUT2D eigenvalue weighted by Crippen LogP contribution is 2.43. The minimum absolute atomic E-state index is 0.0127. The van der Waals surface area contributed by atoms with E-state index in [0.29, 0.717) is 87.4 Å². The number of nitrogens with one attached hydrogen (secondary N) is 7. The van der Waals surface area contributed by atoms with Crippen LogP contribution in [-0.4, -0.2) is 67.2 Å². The number of hydrogen-bond donors (Lipinski definition) is 27. The molecule has 0 spiro atoms. The van der Waals surface area contributed by atoms with Gasteiger partial charge in [0.25, 0.3) is 0 Å². The summed E-state index contributed by atoms with van der Waals surface area (Å²) >= 11 is 49.8. The predicted octanol–water partition coefficient (Wildman–Crippen LogP) is 24.0. The van der Waals surface area contributed by atoms with Crippen LogP contribution >= 0.6 is 241 Å². The summed E-state index contributed by atoms with van der Waals surface area (Å²) in [5, 5.41) is 52.4. The van der Waals surface area contributed by atoms with Gasteiger partial charge in [-0.05, 0) is 189 Å². The molecule has 12 aromatic rings. The van der Waals surface area contributed by atoms with Gasteiger partial charge in [0.15, 0.2) is 73.6 Å². The highest BCUT2D eigenvalue weighted by atomic mass is 35.5. The van der Waals surface area contributed by atoms with Crippen molar-refractivity contribution in [2.75, 3.05) is 0 Å². The third-order valence-electron chi connectivity index (χ3n) is 18.7. The van der Waals surface area contributed by atoms with E-state index < -0.39 is 11.6 Å². The maximum absolute atomic E-state index is 13.7. The van der Waals surface area contributed by atoms with Gasteiger partial charge < -0.3 is 74.5 Å². The number of thioether (sulfide) groups is 6. The largest absolute Gasteiger partial charge is 0.379 e. The second-order valence-corrected chi connectivity index (χ2v) is 46.3. The van der Waals surface area contributed by atoms with Crippen molar-refractivity contribution in [3.8, 4) is 0 Å². The first-order valence-electron chi connectivity index (χ1n) is 43.3. The molecule has 0 unspecified atom stereocenters. The summed E-state index contributed by atoms with van der Waals surface area (Å²) in [7, 11) is 0. The number of thiol groups is 7. The van der Waals surface area contributed by atoms with Crippen molar-refractivity contribution in [2.45, 2.75) is 146 Å². The summed E-state index contributed by atoms with van der Waals surface area (Å²) < 4.78 is 68.2. The number of nitrogens with zero attached hydrogens (tertiary/aromatic N) is 6. The van der Waals surface area contributed by atoms with Crippen LogP contribution in [0.5, 0.6) is 0 Å². The van der Waals surface area contributed by atoms with Crippen LogP contribution < -0.4 is 74.5 Å². The van der Waals surface area contributed by atoms with Gasteiger partial charge in [-0.25, -0.2) is 22.0 Å². The van der Waals surface area contributed by atoms with E-state index >= 15 is 0 Å². The Kier molecular flexibility index (Phi) is 60.1. The smallest absolute Gasteiger partial charge is 0.159 e. The zero-order valence-electron chi connectivity index (χ0n) is 80.1. The molecule has 0 saturated carbocycles. The van der Waals surface area contributed by atoms with Crippen molar-refractivity contribution in [3.05, 3.63) is 355 Å². The van der Waals surface area contributed by atoms with Gasteiger partial charge in [-0.2, -0.15) is 0 Å². The van der Waals surface area contributed by atoms with Crippen molar-refractivity contribution in [2.24, 2.45) is 104 Å². The van der Waals surface area contributed by atoms with E-state index in [2.05, 4.69) is 180 Å². The van der Waals surface area contributed by atoms with Crippen molar-refractivity contribution >= 4 is 308 Å². The minimum atomic E-state index is -0.927. The maximum Gasteiger partial charge on any atom is 0.159 e. The summed E-state index contributed by atoms with van der Waals surface area (Å²) in [4.78, 5) is 36.0. The molecular formula is C99H110ClF5N26S19. The molecule has 0 radical (unpaired) electrons. The summed E-state index contributed by atoms with van der Waals surface area (Å²) in [6.07, 6.45) is 0. The van der Waals surface area contributed by atoms with Crippen LogP contribution in [0.3, 0.4) is 0 Å². The zero-order valence-corrected chi connectivity index (χ0v) is 96.9. The Balaban J connectivity index is 0.000000272. The molecule has 0 atom stereocenters. The Labute approximate surface area is 963 Å². The van der Waals surface area contributed by atoms with Crippen molar-refractivity contribution in [3.63, 3.8) is 0 Å². The SMILES string of the molecule is Cc1ccc(Sc2ccccc2CN=C(N)S)c(CSC(=N)N)c1.Cc1cccc(CSC(=N)N)c1Sc1ccccc1CN=C(N)S.N=C(N)S.N=C(N)SCc1cc(F)c(F)cc1Sc1ccccc1CN=C(N)S.N=C(N)SCc1ccc(Cl)cc1Sc1ccccc1CN=C(N)S.N=C(N)SCc1ccc(F)cc1Sc1ccc(F)cc1CN=C(N)S.N=C(N)SCc1ccc(F)cc1Sc1ccccc1CN=C(N)S. The summed E-state index contributed by atoms with van der Waals surface area (Å²) in [6, 6.07) is 73.4. The maximum atomic E-state index is 13.7. The van der Waals surface area contributed by atoms with Gasteiger partial charge in [0.2, 0.25) is 0 Å². The lowest BCUT2D eigenvalue weighted by Crippen LogP contribution is -2.04. The Morgan fingerprint density at radius 1 is 0.247 bits per heavy atom. The number of halogens is 6. The molecule has 51 heteroatoms. The lowest BCUT2D eigenvalue weighted by Gasteiger charge is -2.14. The fraction of sp³-hybridized carbons (Fsp3) is 0.141. The molecule has 150 heavy (non-hydrogen) atoms. The minimum Gasteiger partial charge on any atom is -0.379 e. The molecule has 12 rings (SSSR count). The molecule has 12 aromatic carbocycles. The topological polar surface area (TPSA) is 579 Å². The van der Waals surface area contributed by atoms with Crippen LogP contribution in [0.25, 0.3) is 0 Å². The summed E-state index contributed by atoms with van der Waals surface area (Å²) in [5.74, 6) is 0.309. The molecule has 792 valence electrons. The normalized spacial score (nSPS) is 11.4. The van der Waals surface area contributed by atoms with Gasteiger partial charge in [0.1, 0.15) is 22.6 Å². The number of amidine groups is 13. The second kappa shape index (κ2) is 69.9. The van der Waals surface area contributed by atoms with Crippen LogP contribution in [0.1, 0.15) is 77.9 Å². The number of hydrogen-bond acceptors (Lipinski definition) is 25. The van der Waals surface area contributed by atoms with E-state index in [4.69, 9.17) is 118 Å². The Hall–Kier alpha value is -9.66. The lowest BCUT2D eigenvalue weighted by molar-refractivity contribution is 0.504. The van der Waals surface area contributed by atoms with E-state index in [-0.39, 0.29) is 96.9 Å². The number of aryl methyl sites for hydroxylation is 2.